The Kier molecular flexibility index (Phi) is 7.94. The number of nitrogens with one attached hydrogen (secondary N) is 2. The molecule has 0 fully saturated rings. The Morgan fingerprint density at radius 1 is 1.00 bits per heavy atom. The monoisotopic (exact) mass is 522 g/mol. The first-order valence-corrected chi connectivity index (χ1v) is 13.1. The standard InChI is InChI=1S/C25H29F3N4O3S/c1-15(16-6-7-17(21(27)10-16)13-30-36(5,34)35)24(33)29-14-19-12-23(25(2,3)4)31-32(19)18-8-9-20(26)22(28)11-18/h6-12,15,30H,13-14H2,1-5H3,(H,29,33). The van der Waals surface area contributed by atoms with Crippen LogP contribution in [-0.2, 0) is 33.3 Å². The SMILES string of the molecule is CC(C(=O)NCc1cc(C(C)(C)C)nn1-c1ccc(F)c(F)c1)c1ccc(CNS(C)(=O)=O)c(F)c1. The Morgan fingerprint density at radius 3 is 2.28 bits per heavy atom. The van der Waals surface area contributed by atoms with Gasteiger partial charge < -0.3 is 5.32 Å². The van der Waals surface area contributed by atoms with Crippen molar-refractivity contribution in [2.45, 2.75) is 52.1 Å². The van der Waals surface area contributed by atoms with Crippen molar-refractivity contribution in [2.24, 2.45) is 0 Å². The Labute approximate surface area is 208 Å². The van der Waals surface area contributed by atoms with Gasteiger partial charge in [0.25, 0.3) is 0 Å². The van der Waals surface area contributed by atoms with Crippen molar-refractivity contribution in [3.63, 3.8) is 0 Å². The van der Waals surface area contributed by atoms with E-state index in [0.29, 0.717) is 22.6 Å². The van der Waals surface area contributed by atoms with Crippen molar-refractivity contribution in [3.8, 4) is 5.69 Å². The maximum absolute atomic E-state index is 14.5. The molecule has 0 radical (unpaired) electrons. The normalized spacial score (nSPS) is 13.0. The van der Waals surface area contributed by atoms with E-state index in [1.165, 1.54) is 22.9 Å². The Hall–Kier alpha value is -3.18. The fraction of sp³-hybridized carbons (Fsp3) is 0.360. The van der Waals surface area contributed by atoms with Gasteiger partial charge in [0.15, 0.2) is 11.6 Å². The summed E-state index contributed by atoms with van der Waals surface area (Å²) in [7, 11) is -3.48. The van der Waals surface area contributed by atoms with Gasteiger partial charge in [-0.05, 0) is 36.8 Å². The van der Waals surface area contributed by atoms with E-state index in [9.17, 15) is 26.4 Å². The lowest BCUT2D eigenvalue weighted by Crippen LogP contribution is -2.28. The number of sulfonamides is 1. The van der Waals surface area contributed by atoms with Crippen molar-refractivity contribution >= 4 is 15.9 Å². The van der Waals surface area contributed by atoms with Crippen LogP contribution >= 0.6 is 0 Å². The lowest BCUT2D eigenvalue weighted by Gasteiger charge is -2.15. The summed E-state index contributed by atoms with van der Waals surface area (Å²) in [4.78, 5) is 12.9. The van der Waals surface area contributed by atoms with Crippen molar-refractivity contribution < 1.29 is 26.4 Å². The van der Waals surface area contributed by atoms with Gasteiger partial charge in [-0.1, -0.05) is 32.9 Å². The van der Waals surface area contributed by atoms with Crippen LogP contribution in [0.25, 0.3) is 5.69 Å². The van der Waals surface area contributed by atoms with E-state index in [4.69, 9.17) is 0 Å². The predicted molar refractivity (Wildman–Crippen MR) is 131 cm³/mol. The van der Waals surface area contributed by atoms with E-state index in [-0.39, 0.29) is 30.0 Å². The highest BCUT2D eigenvalue weighted by atomic mass is 32.2. The number of benzene rings is 2. The van der Waals surface area contributed by atoms with E-state index in [2.05, 4.69) is 15.1 Å². The van der Waals surface area contributed by atoms with Crippen LogP contribution in [0, 0.1) is 17.5 Å². The van der Waals surface area contributed by atoms with Gasteiger partial charge >= 0.3 is 0 Å². The summed E-state index contributed by atoms with van der Waals surface area (Å²) in [5.41, 5.74) is 1.80. The minimum atomic E-state index is -3.48. The van der Waals surface area contributed by atoms with Gasteiger partial charge in [-0.25, -0.2) is 31.0 Å². The lowest BCUT2D eigenvalue weighted by molar-refractivity contribution is -0.122. The Balaban J connectivity index is 1.78. The molecular weight excluding hydrogens is 493 g/mol. The van der Waals surface area contributed by atoms with Gasteiger partial charge in [-0.3, -0.25) is 4.79 Å². The number of carbonyl (C=O) groups is 1. The summed E-state index contributed by atoms with van der Waals surface area (Å²) >= 11 is 0. The molecule has 1 unspecified atom stereocenters. The molecule has 36 heavy (non-hydrogen) atoms. The largest absolute Gasteiger partial charge is 0.350 e. The number of amides is 1. The van der Waals surface area contributed by atoms with Crippen LogP contribution in [0.4, 0.5) is 13.2 Å². The number of hydrogen-bond acceptors (Lipinski definition) is 4. The molecule has 3 aromatic rings. The number of carbonyl (C=O) groups excluding carboxylic acids is 1. The third-order valence-electron chi connectivity index (χ3n) is 5.64. The highest BCUT2D eigenvalue weighted by molar-refractivity contribution is 7.88. The molecule has 1 atom stereocenters. The Bertz CT molecular complexity index is 1380. The number of hydrogen-bond donors (Lipinski definition) is 2. The predicted octanol–water partition coefficient (Wildman–Crippen LogP) is 4.06. The van der Waals surface area contributed by atoms with E-state index in [1.807, 2.05) is 20.8 Å². The van der Waals surface area contributed by atoms with Gasteiger partial charge in [0.1, 0.15) is 5.82 Å². The zero-order valence-corrected chi connectivity index (χ0v) is 21.5. The maximum atomic E-state index is 14.5. The summed E-state index contributed by atoms with van der Waals surface area (Å²) < 4.78 is 68.0. The number of halogens is 3. The molecule has 3 rings (SSSR count). The summed E-state index contributed by atoms with van der Waals surface area (Å²) in [5.74, 6) is -3.71. The first-order chi connectivity index (χ1) is 16.7. The van der Waals surface area contributed by atoms with E-state index in [0.717, 1.165) is 18.4 Å². The molecule has 0 saturated heterocycles. The zero-order valence-electron chi connectivity index (χ0n) is 20.7. The first-order valence-electron chi connectivity index (χ1n) is 11.2. The summed E-state index contributed by atoms with van der Waals surface area (Å²) in [6, 6.07) is 9.43. The van der Waals surface area contributed by atoms with Crippen molar-refractivity contribution in [2.75, 3.05) is 6.26 Å². The minimum Gasteiger partial charge on any atom is -0.350 e. The molecular formula is C25H29F3N4O3S. The molecule has 2 N–H and O–H groups in total. The number of nitrogens with zero attached hydrogens (tertiary/aromatic N) is 2. The second kappa shape index (κ2) is 10.4. The molecule has 0 aliphatic heterocycles. The third-order valence-corrected chi connectivity index (χ3v) is 6.31. The fourth-order valence-electron chi connectivity index (χ4n) is 3.42. The molecule has 1 aromatic heterocycles. The molecule has 0 spiro atoms. The van der Waals surface area contributed by atoms with Crippen molar-refractivity contribution in [1.29, 1.82) is 0 Å². The van der Waals surface area contributed by atoms with Crippen LogP contribution in [0.1, 0.15) is 56.1 Å². The summed E-state index contributed by atoms with van der Waals surface area (Å²) in [5, 5.41) is 7.33. The van der Waals surface area contributed by atoms with Crippen LogP contribution in [0.3, 0.4) is 0 Å². The van der Waals surface area contributed by atoms with Crippen LogP contribution in [0.15, 0.2) is 42.5 Å². The van der Waals surface area contributed by atoms with E-state index in [1.54, 1.807) is 19.1 Å². The number of aromatic nitrogens is 2. The topological polar surface area (TPSA) is 93.1 Å². The third kappa shape index (κ3) is 6.73. The molecule has 0 aliphatic rings. The Morgan fingerprint density at radius 2 is 1.69 bits per heavy atom. The molecule has 7 nitrogen and oxygen atoms in total. The molecule has 0 bridgehead atoms. The first kappa shape index (κ1) is 27.4. The average Bonchev–Trinajstić information content (AvgIpc) is 3.22. The molecule has 2 aromatic carbocycles. The second-order valence-electron chi connectivity index (χ2n) is 9.66. The van der Waals surface area contributed by atoms with Gasteiger partial charge in [0.2, 0.25) is 15.9 Å². The van der Waals surface area contributed by atoms with Crippen LogP contribution in [0.5, 0.6) is 0 Å². The quantitative estimate of drug-likeness (QED) is 0.467. The van der Waals surface area contributed by atoms with Gasteiger partial charge in [0.05, 0.1) is 35.8 Å². The lowest BCUT2D eigenvalue weighted by atomic mass is 9.92. The summed E-state index contributed by atoms with van der Waals surface area (Å²) in [6.07, 6.45) is 0.981. The average molecular weight is 523 g/mol. The molecule has 0 aliphatic carbocycles. The molecule has 0 saturated carbocycles. The van der Waals surface area contributed by atoms with Crippen LogP contribution < -0.4 is 10.0 Å². The van der Waals surface area contributed by atoms with Gasteiger partial charge in [-0.2, -0.15) is 5.10 Å². The van der Waals surface area contributed by atoms with Gasteiger partial charge in [-0.15, -0.1) is 0 Å². The molecule has 1 heterocycles. The second-order valence-corrected chi connectivity index (χ2v) is 11.5. The highest BCUT2D eigenvalue weighted by Gasteiger charge is 2.23. The number of rotatable bonds is 8. The van der Waals surface area contributed by atoms with E-state index < -0.39 is 33.4 Å². The van der Waals surface area contributed by atoms with Crippen LogP contribution in [0.2, 0.25) is 0 Å². The molecule has 1 amide bonds. The summed E-state index contributed by atoms with van der Waals surface area (Å²) in [6.45, 7) is 7.34. The smallest absolute Gasteiger partial charge is 0.227 e. The fourth-order valence-corrected chi connectivity index (χ4v) is 3.84. The zero-order chi connectivity index (χ0) is 26.8. The van der Waals surface area contributed by atoms with Crippen molar-refractivity contribution in [3.05, 3.63) is 82.4 Å². The van der Waals surface area contributed by atoms with Gasteiger partial charge in [0, 0.05) is 23.6 Å². The van der Waals surface area contributed by atoms with E-state index >= 15 is 0 Å². The van der Waals surface area contributed by atoms with Crippen LogP contribution in [-0.4, -0.2) is 30.4 Å². The maximum Gasteiger partial charge on any atom is 0.227 e. The molecule has 11 heteroatoms. The highest BCUT2D eigenvalue weighted by Crippen LogP contribution is 2.25. The van der Waals surface area contributed by atoms with Crippen molar-refractivity contribution in [1.82, 2.24) is 19.8 Å². The molecule has 194 valence electrons. The minimum absolute atomic E-state index is 0.0457.